The number of hydrogen-bond donors (Lipinski definition) is 3. The Balaban J connectivity index is 2.74. The molecule has 0 bridgehead atoms. The van der Waals surface area contributed by atoms with Crippen LogP contribution < -0.4 is 10.6 Å². The largest absolute Gasteiger partial charge is 0.481 e. The summed E-state index contributed by atoms with van der Waals surface area (Å²) >= 11 is 0. The summed E-state index contributed by atoms with van der Waals surface area (Å²) in [5.74, 6) is -4.44. The Morgan fingerprint density at radius 3 is 2.65 bits per heavy atom. The molecule has 0 saturated carbocycles. The molecular weight excluding hydrogens is 222 g/mol. The molecule has 3 N–H and O–H groups in total. The molecule has 0 spiro atoms. The molecule has 1 unspecified atom stereocenters. The number of hydrogen-bond acceptors (Lipinski definition) is 4. The van der Waals surface area contributed by atoms with E-state index in [0.717, 1.165) is 0 Å². The maximum absolute atomic E-state index is 11.1. The highest BCUT2D eigenvalue weighted by atomic mass is 16.5. The number of benzene rings is 1. The first-order valence-corrected chi connectivity index (χ1v) is 5.34. The first-order chi connectivity index (χ1) is 7.97. The topological polar surface area (TPSA) is 90.1 Å². The summed E-state index contributed by atoms with van der Waals surface area (Å²) in [4.78, 5) is 14.9. The number of carbonyl (C=O) groups is 1. The molecule has 0 aromatic heterocycles. The molecule has 1 aromatic carbocycles. The summed E-state index contributed by atoms with van der Waals surface area (Å²) in [7, 11) is 0. The number of carboxylic acids is 1. The molecule has 1 aliphatic rings. The van der Waals surface area contributed by atoms with Crippen LogP contribution in [0, 0.1) is 5.92 Å². The summed E-state index contributed by atoms with van der Waals surface area (Å²) in [6, 6.07) is 6.69. The van der Waals surface area contributed by atoms with E-state index in [1.165, 1.54) is 0 Å². The molecular formula is C12H13NO4. The second kappa shape index (κ2) is 3.94. The predicted octanol–water partition coefficient (Wildman–Crippen LogP) is -0.780. The van der Waals surface area contributed by atoms with Crippen molar-refractivity contribution in [3.8, 4) is 0 Å². The molecule has 5 nitrogen and oxygen atoms in total. The zero-order chi connectivity index (χ0) is 12.6. The fourth-order valence-electron chi connectivity index (χ4n) is 2.13. The summed E-state index contributed by atoms with van der Waals surface area (Å²) in [6.07, 6.45) is 0.275. The second-order valence-electron chi connectivity index (χ2n) is 3.98. The standard InChI is InChI=1S/C12H13NO4/c1-2-7(11(14)15)10-8-5-3-4-6-9(8)13-12(10,16)17/h3-7,16-17H,2H2,1H3,(H,14,15). The number of nitrogens with zero attached hydrogens (tertiary/aromatic N) is 1. The van der Waals surface area contributed by atoms with Crippen LogP contribution in [0.1, 0.15) is 13.3 Å². The lowest BCUT2D eigenvalue weighted by molar-refractivity contribution is -0.143. The van der Waals surface area contributed by atoms with Gasteiger partial charge in [0, 0.05) is 10.8 Å². The minimum Gasteiger partial charge on any atom is -0.481 e. The third-order valence-corrected chi connectivity index (χ3v) is 2.89. The molecule has 90 valence electrons. The van der Waals surface area contributed by atoms with Gasteiger partial charge in [-0.2, -0.15) is 0 Å². The maximum Gasteiger partial charge on any atom is 0.310 e. The zero-order valence-electron chi connectivity index (χ0n) is 9.29. The van der Waals surface area contributed by atoms with Crippen molar-refractivity contribution in [1.82, 2.24) is 0 Å². The van der Waals surface area contributed by atoms with Crippen molar-refractivity contribution in [3.05, 3.63) is 34.8 Å². The van der Waals surface area contributed by atoms with Crippen molar-refractivity contribution in [2.24, 2.45) is 10.9 Å². The molecule has 1 aliphatic heterocycles. The van der Waals surface area contributed by atoms with E-state index in [-0.39, 0.29) is 12.0 Å². The van der Waals surface area contributed by atoms with E-state index in [1.807, 2.05) is 0 Å². The van der Waals surface area contributed by atoms with E-state index in [2.05, 4.69) is 4.99 Å². The summed E-state index contributed by atoms with van der Waals surface area (Å²) in [5.41, 5.74) is 0.0445. The average molecular weight is 235 g/mol. The SMILES string of the molecule is CCC(C(=O)O)C1=c2ccccc2=NC1(O)O. The zero-order valence-corrected chi connectivity index (χ0v) is 9.29. The third-order valence-electron chi connectivity index (χ3n) is 2.89. The number of aliphatic hydroxyl groups is 2. The van der Waals surface area contributed by atoms with Gasteiger partial charge in [-0.15, -0.1) is 0 Å². The van der Waals surface area contributed by atoms with Crippen LogP contribution in [0.4, 0.5) is 0 Å². The normalized spacial score (nSPS) is 18.4. The predicted molar refractivity (Wildman–Crippen MR) is 59.2 cm³/mol. The van der Waals surface area contributed by atoms with E-state index in [0.29, 0.717) is 10.6 Å². The molecule has 0 radical (unpaired) electrons. The van der Waals surface area contributed by atoms with Crippen LogP contribution in [0.15, 0.2) is 29.3 Å². The van der Waals surface area contributed by atoms with Crippen molar-refractivity contribution in [1.29, 1.82) is 0 Å². The Kier molecular flexibility index (Phi) is 2.73. The second-order valence-corrected chi connectivity index (χ2v) is 3.98. The molecule has 0 amide bonds. The minimum atomic E-state index is -2.41. The molecule has 0 aliphatic carbocycles. The molecule has 17 heavy (non-hydrogen) atoms. The molecule has 0 fully saturated rings. The molecule has 5 heteroatoms. The number of rotatable bonds is 3. The van der Waals surface area contributed by atoms with E-state index in [4.69, 9.17) is 5.11 Å². The lowest BCUT2D eigenvalue weighted by atomic mass is 9.92. The van der Waals surface area contributed by atoms with Crippen LogP contribution in [0.5, 0.6) is 0 Å². The summed E-state index contributed by atoms with van der Waals surface area (Å²) in [6.45, 7) is 1.68. The smallest absolute Gasteiger partial charge is 0.310 e. The number of carboxylic acid groups (broad SMARTS) is 1. The fraction of sp³-hybridized carbons (Fsp3) is 0.333. The van der Waals surface area contributed by atoms with E-state index >= 15 is 0 Å². The average Bonchev–Trinajstić information content (AvgIpc) is 2.51. The van der Waals surface area contributed by atoms with Gasteiger partial charge in [-0.3, -0.25) is 4.79 Å². The van der Waals surface area contributed by atoms with Gasteiger partial charge in [-0.05, 0) is 12.5 Å². The highest BCUT2D eigenvalue weighted by Gasteiger charge is 2.40. The third kappa shape index (κ3) is 1.83. The van der Waals surface area contributed by atoms with Gasteiger partial charge in [0.15, 0.2) is 0 Å². The van der Waals surface area contributed by atoms with Crippen LogP contribution in [0.25, 0.3) is 5.57 Å². The summed E-state index contributed by atoms with van der Waals surface area (Å²) in [5, 5.41) is 29.6. The molecule has 1 atom stereocenters. The highest BCUT2D eigenvalue weighted by Crippen LogP contribution is 2.27. The van der Waals surface area contributed by atoms with Gasteiger partial charge < -0.3 is 15.3 Å². The van der Waals surface area contributed by atoms with E-state index in [1.54, 1.807) is 31.2 Å². The van der Waals surface area contributed by atoms with Gasteiger partial charge in [0.25, 0.3) is 5.91 Å². The van der Waals surface area contributed by atoms with Crippen LogP contribution in [0.2, 0.25) is 0 Å². The van der Waals surface area contributed by atoms with Crippen LogP contribution in [-0.4, -0.2) is 27.2 Å². The van der Waals surface area contributed by atoms with Crippen molar-refractivity contribution >= 4 is 11.5 Å². The Morgan fingerprint density at radius 2 is 2.06 bits per heavy atom. The van der Waals surface area contributed by atoms with Gasteiger partial charge in [-0.1, -0.05) is 25.1 Å². The van der Waals surface area contributed by atoms with E-state index in [9.17, 15) is 15.0 Å². The van der Waals surface area contributed by atoms with Crippen LogP contribution in [0.3, 0.4) is 0 Å². The van der Waals surface area contributed by atoms with Crippen molar-refractivity contribution in [2.45, 2.75) is 19.3 Å². The quantitative estimate of drug-likeness (QED) is 0.599. The highest BCUT2D eigenvalue weighted by molar-refractivity contribution is 5.83. The van der Waals surface area contributed by atoms with Crippen LogP contribution in [-0.2, 0) is 4.79 Å². The fourth-order valence-corrected chi connectivity index (χ4v) is 2.13. The first kappa shape index (κ1) is 11.8. The Labute approximate surface area is 97.4 Å². The van der Waals surface area contributed by atoms with Gasteiger partial charge >= 0.3 is 5.97 Å². The minimum absolute atomic E-state index is 0.0445. The summed E-state index contributed by atoms with van der Waals surface area (Å²) < 4.78 is 0. The Bertz CT molecular complexity index is 576. The maximum atomic E-state index is 11.1. The molecule has 0 saturated heterocycles. The Morgan fingerprint density at radius 1 is 1.41 bits per heavy atom. The number of para-hydroxylation sites is 1. The van der Waals surface area contributed by atoms with E-state index < -0.39 is 17.8 Å². The van der Waals surface area contributed by atoms with Crippen molar-refractivity contribution in [3.63, 3.8) is 0 Å². The molecule has 1 aromatic rings. The first-order valence-electron chi connectivity index (χ1n) is 5.34. The molecule has 1 heterocycles. The van der Waals surface area contributed by atoms with Gasteiger partial charge in [0.1, 0.15) is 0 Å². The van der Waals surface area contributed by atoms with Gasteiger partial charge in [-0.25, -0.2) is 4.99 Å². The number of aliphatic carboxylic acids is 1. The number of fused-ring (bicyclic) bond motifs is 1. The Hall–Kier alpha value is -1.72. The monoisotopic (exact) mass is 235 g/mol. The van der Waals surface area contributed by atoms with Gasteiger partial charge in [0.2, 0.25) is 0 Å². The molecule has 2 rings (SSSR count). The van der Waals surface area contributed by atoms with Crippen molar-refractivity contribution in [2.75, 3.05) is 0 Å². The lowest BCUT2D eigenvalue weighted by Crippen LogP contribution is -2.35. The van der Waals surface area contributed by atoms with Crippen molar-refractivity contribution < 1.29 is 20.1 Å². The van der Waals surface area contributed by atoms with Crippen LogP contribution >= 0.6 is 0 Å². The lowest BCUT2D eigenvalue weighted by Gasteiger charge is -2.21. The van der Waals surface area contributed by atoms with Gasteiger partial charge in [0.05, 0.1) is 11.3 Å².